The van der Waals surface area contributed by atoms with Crippen LogP contribution < -0.4 is 5.73 Å². The summed E-state index contributed by atoms with van der Waals surface area (Å²) in [6.07, 6.45) is 12.1. The molecule has 7 nitrogen and oxygen atoms in total. The Morgan fingerprint density at radius 1 is 1.19 bits per heavy atom. The molecule has 0 amide bonds. The second kappa shape index (κ2) is 7.49. The van der Waals surface area contributed by atoms with E-state index >= 15 is 0 Å². The van der Waals surface area contributed by atoms with E-state index in [4.69, 9.17) is 5.73 Å². The van der Waals surface area contributed by atoms with Crippen molar-refractivity contribution >= 4 is 34.1 Å². The van der Waals surface area contributed by atoms with Crippen molar-refractivity contribution in [3.63, 3.8) is 0 Å². The second-order valence-electron chi connectivity index (χ2n) is 6.88. The minimum atomic E-state index is -0.391. The molecule has 1 aliphatic carbocycles. The van der Waals surface area contributed by atoms with E-state index in [1.54, 1.807) is 23.3 Å². The van der Waals surface area contributed by atoms with E-state index in [1.165, 1.54) is 30.6 Å². The normalized spacial score (nSPS) is 16.8. The van der Waals surface area contributed by atoms with Crippen LogP contribution >= 0.6 is 11.3 Å². The van der Waals surface area contributed by atoms with E-state index in [9.17, 15) is 4.79 Å². The molecular formula is C18H22N6OS. The van der Waals surface area contributed by atoms with Gasteiger partial charge in [-0.05, 0) is 12.3 Å². The summed E-state index contributed by atoms with van der Waals surface area (Å²) in [6.45, 7) is 0. The summed E-state index contributed by atoms with van der Waals surface area (Å²) in [5.41, 5.74) is 7.33. The number of ketones is 1. The van der Waals surface area contributed by atoms with Gasteiger partial charge in [0.25, 0.3) is 0 Å². The minimum Gasteiger partial charge on any atom is -0.382 e. The van der Waals surface area contributed by atoms with E-state index in [0.717, 1.165) is 24.3 Å². The van der Waals surface area contributed by atoms with Crippen LogP contribution in [0.2, 0.25) is 0 Å². The average Bonchev–Trinajstić information content (AvgIpc) is 3.29. The number of nitrogen functional groups attached to an aromatic ring is 1. The van der Waals surface area contributed by atoms with Gasteiger partial charge in [0.15, 0.2) is 17.1 Å². The van der Waals surface area contributed by atoms with Gasteiger partial charge in [0.05, 0.1) is 11.4 Å². The molecule has 2 N–H and O–H groups in total. The second-order valence-corrected chi connectivity index (χ2v) is 7.86. The van der Waals surface area contributed by atoms with Gasteiger partial charge in [-0.1, -0.05) is 32.1 Å². The molecule has 136 valence electrons. The molecular weight excluding hydrogens is 348 g/mol. The van der Waals surface area contributed by atoms with Gasteiger partial charge in [0.2, 0.25) is 5.65 Å². The van der Waals surface area contributed by atoms with Crippen LogP contribution in [0.3, 0.4) is 0 Å². The summed E-state index contributed by atoms with van der Waals surface area (Å²) in [4.78, 5) is 25.9. The predicted octanol–water partition coefficient (Wildman–Crippen LogP) is 3.19. The molecule has 8 heteroatoms. The van der Waals surface area contributed by atoms with E-state index in [2.05, 4.69) is 20.1 Å². The SMILES string of the molecule is Nc1c2nccnc2nn1C(CC1CCCCC1)C(=O)Cc1nccs1. The van der Waals surface area contributed by atoms with Crippen molar-refractivity contribution in [3.8, 4) is 0 Å². The van der Waals surface area contributed by atoms with Crippen molar-refractivity contribution in [1.29, 1.82) is 0 Å². The molecule has 0 radical (unpaired) electrons. The third-order valence-corrected chi connectivity index (χ3v) is 5.91. The van der Waals surface area contributed by atoms with Crippen LogP contribution in [0.25, 0.3) is 11.2 Å². The number of hydrogen-bond acceptors (Lipinski definition) is 7. The number of nitrogens with zero attached hydrogens (tertiary/aromatic N) is 5. The Labute approximate surface area is 155 Å². The maximum atomic E-state index is 13.1. The van der Waals surface area contributed by atoms with Gasteiger partial charge in [0.1, 0.15) is 6.04 Å². The van der Waals surface area contributed by atoms with Crippen LogP contribution in [0.15, 0.2) is 24.0 Å². The Morgan fingerprint density at radius 2 is 2.00 bits per heavy atom. The fraction of sp³-hybridized carbons (Fsp3) is 0.500. The molecule has 1 fully saturated rings. The van der Waals surface area contributed by atoms with Crippen LogP contribution in [0.4, 0.5) is 5.82 Å². The minimum absolute atomic E-state index is 0.102. The highest BCUT2D eigenvalue weighted by atomic mass is 32.1. The number of fused-ring (bicyclic) bond motifs is 1. The molecule has 3 heterocycles. The van der Waals surface area contributed by atoms with Crippen molar-refractivity contribution in [2.75, 3.05) is 5.73 Å². The third kappa shape index (κ3) is 3.46. The van der Waals surface area contributed by atoms with Crippen molar-refractivity contribution in [1.82, 2.24) is 24.7 Å². The standard InChI is InChI=1S/C18H22N6OS/c19-17-16-18(22-7-6-21-16)23-24(17)13(10-12-4-2-1-3-5-12)14(25)11-15-20-8-9-26-15/h6-9,12-13H,1-5,10-11,19H2. The van der Waals surface area contributed by atoms with Gasteiger partial charge in [0, 0.05) is 24.0 Å². The van der Waals surface area contributed by atoms with Gasteiger partial charge in [-0.15, -0.1) is 16.4 Å². The van der Waals surface area contributed by atoms with Gasteiger partial charge in [-0.2, -0.15) is 0 Å². The zero-order valence-corrected chi connectivity index (χ0v) is 15.4. The molecule has 0 saturated heterocycles. The van der Waals surface area contributed by atoms with Crippen LogP contribution in [0, 0.1) is 5.92 Å². The highest BCUT2D eigenvalue weighted by molar-refractivity contribution is 7.09. The Balaban J connectivity index is 1.66. The highest BCUT2D eigenvalue weighted by Crippen LogP contribution is 2.33. The van der Waals surface area contributed by atoms with Crippen LogP contribution in [-0.2, 0) is 11.2 Å². The molecule has 3 aromatic rings. The number of nitrogens with two attached hydrogens (primary N) is 1. The summed E-state index contributed by atoms with van der Waals surface area (Å²) in [5, 5.41) is 7.23. The highest BCUT2D eigenvalue weighted by Gasteiger charge is 2.29. The van der Waals surface area contributed by atoms with Gasteiger partial charge in [-0.3, -0.25) is 4.79 Å². The lowest BCUT2D eigenvalue weighted by Crippen LogP contribution is -2.26. The number of thiazole rings is 1. The summed E-state index contributed by atoms with van der Waals surface area (Å²) in [7, 11) is 0. The zero-order valence-electron chi connectivity index (χ0n) is 14.5. The summed E-state index contributed by atoms with van der Waals surface area (Å²) >= 11 is 1.50. The first-order valence-electron chi connectivity index (χ1n) is 9.08. The molecule has 1 aliphatic rings. The Bertz CT molecular complexity index is 884. The molecule has 26 heavy (non-hydrogen) atoms. The lowest BCUT2D eigenvalue weighted by Gasteiger charge is -2.26. The molecule has 0 spiro atoms. The quantitative estimate of drug-likeness (QED) is 0.715. The summed E-state index contributed by atoms with van der Waals surface area (Å²) < 4.78 is 1.65. The molecule has 0 aromatic carbocycles. The largest absolute Gasteiger partial charge is 0.382 e. The van der Waals surface area contributed by atoms with Crippen LogP contribution in [-0.4, -0.2) is 30.5 Å². The average molecular weight is 370 g/mol. The van der Waals surface area contributed by atoms with Crippen molar-refractivity contribution < 1.29 is 4.79 Å². The van der Waals surface area contributed by atoms with Gasteiger partial charge >= 0.3 is 0 Å². The maximum absolute atomic E-state index is 13.1. The third-order valence-electron chi connectivity index (χ3n) is 5.13. The molecule has 4 rings (SSSR count). The summed E-state index contributed by atoms with van der Waals surface area (Å²) in [5.74, 6) is 1.05. The first-order chi connectivity index (χ1) is 12.7. The van der Waals surface area contributed by atoms with Crippen molar-refractivity contribution in [3.05, 3.63) is 29.0 Å². The fourth-order valence-corrected chi connectivity index (χ4v) is 4.43. The van der Waals surface area contributed by atoms with Crippen molar-refractivity contribution in [2.45, 2.75) is 51.0 Å². The summed E-state index contributed by atoms with van der Waals surface area (Å²) in [6, 6.07) is -0.391. The molecule has 0 bridgehead atoms. The molecule has 1 atom stereocenters. The number of Topliss-reactive ketones (excluding diaryl/α,β-unsaturated/α-hetero) is 1. The van der Waals surface area contributed by atoms with E-state index in [-0.39, 0.29) is 5.78 Å². The fourth-order valence-electron chi connectivity index (χ4n) is 3.80. The van der Waals surface area contributed by atoms with Crippen LogP contribution in [0.1, 0.15) is 49.6 Å². The van der Waals surface area contributed by atoms with Crippen LogP contribution in [0.5, 0.6) is 0 Å². The smallest absolute Gasteiger partial charge is 0.202 e. The Hall–Kier alpha value is -2.35. The molecule has 0 aliphatic heterocycles. The molecule has 1 saturated carbocycles. The number of rotatable bonds is 6. The number of aromatic nitrogens is 5. The number of hydrogen-bond donors (Lipinski definition) is 1. The Kier molecular flexibility index (Phi) is 4.92. The predicted molar refractivity (Wildman–Crippen MR) is 101 cm³/mol. The zero-order chi connectivity index (χ0) is 17.9. The van der Waals surface area contributed by atoms with Gasteiger partial charge in [-0.25, -0.2) is 19.6 Å². The number of carbonyl (C=O) groups excluding carboxylic acids is 1. The lowest BCUT2D eigenvalue weighted by atomic mass is 9.83. The first kappa shape index (κ1) is 17.1. The van der Waals surface area contributed by atoms with E-state index in [0.29, 0.717) is 29.3 Å². The van der Waals surface area contributed by atoms with Gasteiger partial charge < -0.3 is 5.73 Å². The topological polar surface area (TPSA) is 99.6 Å². The molecule has 3 aromatic heterocycles. The van der Waals surface area contributed by atoms with E-state index < -0.39 is 6.04 Å². The monoisotopic (exact) mass is 370 g/mol. The van der Waals surface area contributed by atoms with E-state index in [1.807, 2.05) is 5.38 Å². The lowest BCUT2D eigenvalue weighted by molar-refractivity contribution is -0.122. The Morgan fingerprint density at radius 3 is 2.73 bits per heavy atom. The maximum Gasteiger partial charge on any atom is 0.202 e. The number of anilines is 1. The van der Waals surface area contributed by atoms with Crippen molar-refractivity contribution in [2.24, 2.45) is 5.92 Å². The number of carbonyl (C=O) groups is 1. The molecule has 1 unspecified atom stereocenters. The first-order valence-corrected chi connectivity index (χ1v) is 9.96.